The van der Waals surface area contributed by atoms with Gasteiger partial charge >= 0.3 is 0 Å². The van der Waals surface area contributed by atoms with Crippen molar-refractivity contribution in [2.24, 2.45) is 0 Å². The number of amides is 1. The van der Waals surface area contributed by atoms with Crippen molar-refractivity contribution in [3.63, 3.8) is 0 Å². The first kappa shape index (κ1) is 16.0. The molecule has 0 spiro atoms. The Bertz CT molecular complexity index is 458. The zero-order valence-corrected chi connectivity index (χ0v) is 13.0. The van der Waals surface area contributed by atoms with E-state index in [9.17, 15) is 9.90 Å². The van der Waals surface area contributed by atoms with Gasteiger partial charge < -0.3 is 10.4 Å². The van der Waals surface area contributed by atoms with E-state index in [2.05, 4.69) is 22.2 Å². The molecule has 1 aromatic rings. The zero-order valence-electron chi connectivity index (χ0n) is 13.0. The highest BCUT2D eigenvalue weighted by Crippen LogP contribution is 2.21. The molecule has 1 fully saturated rings. The Morgan fingerprint density at radius 3 is 3.14 bits per heavy atom. The fourth-order valence-corrected chi connectivity index (χ4v) is 2.96. The molecular weight excluding hydrogens is 268 g/mol. The van der Waals surface area contributed by atoms with E-state index in [1.54, 1.807) is 13.1 Å². The van der Waals surface area contributed by atoms with Gasteiger partial charge in [0.15, 0.2) is 0 Å². The molecule has 1 saturated heterocycles. The number of nitrogens with zero attached hydrogens (tertiary/aromatic N) is 3. The molecule has 2 N–H and O–H groups in total. The SMILES string of the molecule is CCCn1nccc1NC(=O)CN1CCCC1CC(C)O. The lowest BCUT2D eigenvalue weighted by Gasteiger charge is -2.24. The topological polar surface area (TPSA) is 70.4 Å². The van der Waals surface area contributed by atoms with Crippen LogP contribution in [0.1, 0.15) is 39.5 Å². The average Bonchev–Trinajstić information content (AvgIpc) is 3.00. The number of carbonyl (C=O) groups is 1. The third-order valence-electron chi connectivity index (χ3n) is 3.88. The van der Waals surface area contributed by atoms with E-state index in [4.69, 9.17) is 0 Å². The zero-order chi connectivity index (χ0) is 15.2. The van der Waals surface area contributed by atoms with Crippen molar-refractivity contribution in [1.29, 1.82) is 0 Å². The third kappa shape index (κ3) is 4.54. The first-order valence-corrected chi connectivity index (χ1v) is 7.84. The van der Waals surface area contributed by atoms with Crippen LogP contribution in [0.25, 0.3) is 0 Å². The first-order chi connectivity index (χ1) is 10.1. The molecule has 0 bridgehead atoms. The summed E-state index contributed by atoms with van der Waals surface area (Å²) in [5, 5.41) is 16.7. The molecule has 6 nitrogen and oxygen atoms in total. The van der Waals surface area contributed by atoms with Crippen LogP contribution < -0.4 is 5.32 Å². The predicted octanol–water partition coefficient (Wildman–Crippen LogP) is 1.47. The molecule has 1 aliphatic heterocycles. The van der Waals surface area contributed by atoms with Gasteiger partial charge in [-0.1, -0.05) is 6.92 Å². The van der Waals surface area contributed by atoms with Gasteiger partial charge in [-0.15, -0.1) is 0 Å². The number of rotatable bonds is 7. The molecule has 0 aromatic carbocycles. The fourth-order valence-electron chi connectivity index (χ4n) is 2.96. The van der Waals surface area contributed by atoms with Crippen LogP contribution >= 0.6 is 0 Å². The molecule has 118 valence electrons. The molecule has 1 amide bonds. The number of likely N-dealkylation sites (tertiary alicyclic amines) is 1. The smallest absolute Gasteiger partial charge is 0.239 e. The summed E-state index contributed by atoms with van der Waals surface area (Å²) in [5.74, 6) is 0.749. The van der Waals surface area contributed by atoms with Gasteiger partial charge in [-0.2, -0.15) is 5.10 Å². The van der Waals surface area contributed by atoms with E-state index in [0.717, 1.165) is 44.6 Å². The van der Waals surface area contributed by atoms with Gasteiger partial charge in [0.2, 0.25) is 5.91 Å². The number of nitrogens with one attached hydrogen (secondary N) is 1. The molecule has 1 aromatic heterocycles. The lowest BCUT2D eigenvalue weighted by atomic mass is 10.1. The molecule has 2 unspecified atom stereocenters. The van der Waals surface area contributed by atoms with Gasteiger partial charge in [0.25, 0.3) is 0 Å². The Hall–Kier alpha value is -1.40. The largest absolute Gasteiger partial charge is 0.393 e. The first-order valence-electron chi connectivity index (χ1n) is 7.84. The van der Waals surface area contributed by atoms with Gasteiger partial charge in [0, 0.05) is 18.7 Å². The lowest BCUT2D eigenvalue weighted by Crippen LogP contribution is -2.38. The molecular formula is C15H26N4O2. The van der Waals surface area contributed by atoms with Gasteiger partial charge in [-0.05, 0) is 39.2 Å². The van der Waals surface area contributed by atoms with Crippen molar-refractivity contribution < 1.29 is 9.90 Å². The van der Waals surface area contributed by atoms with Crippen LogP contribution in [0.15, 0.2) is 12.3 Å². The molecule has 0 aliphatic carbocycles. The van der Waals surface area contributed by atoms with E-state index >= 15 is 0 Å². The Labute approximate surface area is 126 Å². The predicted molar refractivity (Wildman–Crippen MR) is 82.0 cm³/mol. The summed E-state index contributed by atoms with van der Waals surface area (Å²) in [5.41, 5.74) is 0. The normalized spacial score (nSPS) is 20.6. The molecule has 2 heterocycles. The molecule has 6 heteroatoms. The van der Waals surface area contributed by atoms with Crippen molar-refractivity contribution in [3.05, 3.63) is 12.3 Å². The molecule has 0 radical (unpaired) electrons. The lowest BCUT2D eigenvalue weighted by molar-refractivity contribution is -0.117. The monoisotopic (exact) mass is 294 g/mol. The van der Waals surface area contributed by atoms with Crippen LogP contribution in [0.3, 0.4) is 0 Å². The number of hydrogen-bond donors (Lipinski definition) is 2. The summed E-state index contributed by atoms with van der Waals surface area (Å²) < 4.78 is 1.81. The van der Waals surface area contributed by atoms with E-state index in [0.29, 0.717) is 12.6 Å². The Balaban J connectivity index is 1.87. The minimum Gasteiger partial charge on any atom is -0.393 e. The minimum absolute atomic E-state index is 0.00894. The quantitative estimate of drug-likeness (QED) is 0.799. The van der Waals surface area contributed by atoms with Crippen molar-refractivity contribution in [2.75, 3.05) is 18.4 Å². The summed E-state index contributed by atoms with van der Waals surface area (Å²) in [6, 6.07) is 2.14. The van der Waals surface area contributed by atoms with Crippen LogP contribution in [0.5, 0.6) is 0 Å². The minimum atomic E-state index is -0.315. The number of anilines is 1. The number of aryl methyl sites for hydroxylation is 1. The maximum absolute atomic E-state index is 12.2. The standard InChI is InChI=1S/C15H26N4O2/c1-3-8-19-14(6-7-16-19)17-15(21)11-18-9-4-5-13(18)10-12(2)20/h6-7,12-13,20H,3-5,8-11H2,1-2H3,(H,17,21). The van der Waals surface area contributed by atoms with E-state index in [-0.39, 0.29) is 12.0 Å². The molecule has 0 saturated carbocycles. The third-order valence-corrected chi connectivity index (χ3v) is 3.88. The van der Waals surface area contributed by atoms with Gasteiger partial charge in [-0.3, -0.25) is 9.69 Å². The molecule has 1 aliphatic rings. The van der Waals surface area contributed by atoms with Crippen LogP contribution in [-0.2, 0) is 11.3 Å². The van der Waals surface area contributed by atoms with Crippen molar-refractivity contribution in [3.8, 4) is 0 Å². The van der Waals surface area contributed by atoms with Crippen molar-refractivity contribution >= 4 is 11.7 Å². The summed E-state index contributed by atoms with van der Waals surface area (Å²) in [7, 11) is 0. The van der Waals surface area contributed by atoms with Crippen LogP contribution in [0.2, 0.25) is 0 Å². The van der Waals surface area contributed by atoms with Gasteiger partial charge in [-0.25, -0.2) is 4.68 Å². The highest BCUT2D eigenvalue weighted by atomic mass is 16.3. The average molecular weight is 294 g/mol. The van der Waals surface area contributed by atoms with Crippen LogP contribution in [0.4, 0.5) is 5.82 Å². The van der Waals surface area contributed by atoms with E-state index in [1.807, 2.05) is 10.7 Å². The summed E-state index contributed by atoms with van der Waals surface area (Å²) >= 11 is 0. The van der Waals surface area contributed by atoms with Crippen LogP contribution in [0, 0.1) is 0 Å². The van der Waals surface area contributed by atoms with Gasteiger partial charge in [0.1, 0.15) is 5.82 Å². The molecule has 21 heavy (non-hydrogen) atoms. The molecule has 2 rings (SSSR count). The second-order valence-corrected chi connectivity index (χ2v) is 5.84. The molecule has 2 atom stereocenters. The number of aliphatic hydroxyl groups is 1. The Kier molecular flexibility index (Phi) is 5.76. The van der Waals surface area contributed by atoms with Gasteiger partial charge in [0.05, 0.1) is 18.8 Å². The van der Waals surface area contributed by atoms with Crippen molar-refractivity contribution in [2.45, 2.75) is 58.2 Å². The number of aromatic nitrogens is 2. The van der Waals surface area contributed by atoms with Crippen LogP contribution in [-0.4, -0.2) is 50.9 Å². The van der Waals surface area contributed by atoms with E-state index < -0.39 is 0 Å². The maximum Gasteiger partial charge on any atom is 0.239 e. The van der Waals surface area contributed by atoms with E-state index in [1.165, 1.54) is 0 Å². The second kappa shape index (κ2) is 7.56. The van der Waals surface area contributed by atoms with Crippen molar-refractivity contribution in [1.82, 2.24) is 14.7 Å². The summed E-state index contributed by atoms with van der Waals surface area (Å²) in [4.78, 5) is 14.4. The highest BCUT2D eigenvalue weighted by molar-refractivity contribution is 5.91. The number of carbonyl (C=O) groups excluding carboxylic acids is 1. The summed E-state index contributed by atoms with van der Waals surface area (Å²) in [6.07, 6.45) is 5.26. The maximum atomic E-state index is 12.2. The Morgan fingerprint density at radius 2 is 2.43 bits per heavy atom. The Morgan fingerprint density at radius 1 is 1.62 bits per heavy atom. The number of hydrogen-bond acceptors (Lipinski definition) is 4. The summed E-state index contributed by atoms with van der Waals surface area (Å²) in [6.45, 7) is 6.00. The number of aliphatic hydroxyl groups excluding tert-OH is 1. The highest BCUT2D eigenvalue weighted by Gasteiger charge is 2.27. The second-order valence-electron chi connectivity index (χ2n) is 5.84. The fraction of sp³-hybridized carbons (Fsp3) is 0.733.